The van der Waals surface area contributed by atoms with E-state index in [1.54, 1.807) is 30.3 Å². The van der Waals surface area contributed by atoms with E-state index in [1.807, 2.05) is 11.5 Å². The molecule has 0 amide bonds. The molecule has 1 aromatic heterocycles. The van der Waals surface area contributed by atoms with E-state index >= 15 is 4.39 Å². The molecule has 1 heterocycles. The Morgan fingerprint density at radius 3 is 2.25 bits per heavy atom. The molecule has 4 aromatic rings. The van der Waals surface area contributed by atoms with Crippen LogP contribution in [0.5, 0.6) is 5.75 Å². The Hall–Kier alpha value is -4.85. The first-order valence-corrected chi connectivity index (χ1v) is 15.7. The smallest absolute Gasteiger partial charge is 0.303 e. The van der Waals surface area contributed by atoms with Crippen LogP contribution < -0.4 is 4.74 Å². The van der Waals surface area contributed by atoms with E-state index in [0.29, 0.717) is 71.6 Å². The molecule has 1 saturated carbocycles. The molecule has 0 spiro atoms. The number of nitrogens with zero attached hydrogens (tertiary/aromatic N) is 1. The topological polar surface area (TPSA) is 88.8 Å². The fourth-order valence-electron chi connectivity index (χ4n) is 6.08. The van der Waals surface area contributed by atoms with E-state index in [0.717, 1.165) is 18.5 Å². The number of rotatable bonds is 14. The van der Waals surface area contributed by atoms with Crippen molar-refractivity contribution in [1.29, 1.82) is 0 Å². The predicted octanol–water partition coefficient (Wildman–Crippen LogP) is 8.11. The standard InChI is InChI=1S/C37H34F5NO5/c1-22-27(6-4-7-30(44)45)32-28(38)15-12-24(36(32)43(22)21-37(16-17-37)20-31(46)47)11-8-23-9-13-26(14-10-23)48-18-3-2-5-25-19-29(39)34(41)35(42)33(25)40/h9-10,12-15,19H,2-7,16-18,20-21H2,1H3,(H,44,45)(H,46,47). The molecule has 0 atom stereocenters. The molecule has 0 bridgehead atoms. The van der Waals surface area contributed by atoms with Gasteiger partial charge in [-0.2, -0.15) is 0 Å². The van der Waals surface area contributed by atoms with E-state index in [1.165, 1.54) is 6.07 Å². The number of aliphatic carboxylic acids is 2. The number of unbranched alkanes of at least 4 members (excludes halogenated alkanes) is 1. The maximum atomic E-state index is 15.4. The first kappa shape index (κ1) is 34.5. The van der Waals surface area contributed by atoms with Gasteiger partial charge in [-0.25, -0.2) is 22.0 Å². The number of ether oxygens (including phenoxy) is 1. The van der Waals surface area contributed by atoms with Crippen LogP contribution in [0.25, 0.3) is 10.9 Å². The van der Waals surface area contributed by atoms with Crippen molar-refractivity contribution in [2.75, 3.05) is 6.61 Å². The highest BCUT2D eigenvalue weighted by Gasteiger charge is 2.45. The summed E-state index contributed by atoms with van der Waals surface area (Å²) < 4.78 is 77.0. The summed E-state index contributed by atoms with van der Waals surface area (Å²) in [6, 6.07) is 10.5. The number of halogens is 5. The zero-order valence-electron chi connectivity index (χ0n) is 26.3. The fourth-order valence-corrected chi connectivity index (χ4v) is 6.08. The minimum Gasteiger partial charge on any atom is -0.494 e. The van der Waals surface area contributed by atoms with Crippen molar-refractivity contribution in [1.82, 2.24) is 4.57 Å². The van der Waals surface area contributed by atoms with Crippen molar-refractivity contribution < 1.29 is 46.5 Å². The molecular weight excluding hydrogens is 633 g/mol. The summed E-state index contributed by atoms with van der Waals surface area (Å²) in [6.07, 6.45) is 2.92. The molecule has 6 nitrogen and oxygen atoms in total. The molecule has 0 unspecified atom stereocenters. The molecule has 1 aliphatic carbocycles. The Labute approximate surface area is 274 Å². The highest BCUT2D eigenvalue weighted by atomic mass is 19.2. The number of aromatic nitrogens is 1. The molecule has 0 saturated heterocycles. The molecule has 252 valence electrons. The molecule has 1 aliphatic rings. The number of carbonyl (C=O) groups is 2. The van der Waals surface area contributed by atoms with Crippen LogP contribution in [0.2, 0.25) is 0 Å². The normalized spacial score (nSPS) is 13.3. The first-order chi connectivity index (χ1) is 22.9. The van der Waals surface area contributed by atoms with Gasteiger partial charge in [0.05, 0.1) is 18.5 Å². The maximum absolute atomic E-state index is 15.4. The lowest BCUT2D eigenvalue weighted by Gasteiger charge is -2.17. The largest absolute Gasteiger partial charge is 0.494 e. The van der Waals surface area contributed by atoms with Gasteiger partial charge < -0.3 is 19.5 Å². The van der Waals surface area contributed by atoms with E-state index < -0.39 is 46.4 Å². The minimum absolute atomic E-state index is 0.00201. The van der Waals surface area contributed by atoms with Crippen LogP contribution in [0.3, 0.4) is 0 Å². The van der Waals surface area contributed by atoms with Crippen molar-refractivity contribution in [2.45, 2.75) is 71.3 Å². The zero-order chi connectivity index (χ0) is 34.6. The van der Waals surface area contributed by atoms with Crippen LogP contribution in [0.4, 0.5) is 22.0 Å². The van der Waals surface area contributed by atoms with Gasteiger partial charge >= 0.3 is 11.9 Å². The molecular formula is C37H34F5NO5. The molecule has 11 heteroatoms. The van der Waals surface area contributed by atoms with Gasteiger partial charge in [-0.05, 0) is 111 Å². The summed E-state index contributed by atoms with van der Waals surface area (Å²) in [6.45, 7) is 2.49. The van der Waals surface area contributed by atoms with Gasteiger partial charge in [0.2, 0.25) is 0 Å². The second-order valence-corrected chi connectivity index (χ2v) is 12.3. The lowest BCUT2D eigenvalue weighted by atomic mass is 10.0. The summed E-state index contributed by atoms with van der Waals surface area (Å²) >= 11 is 0. The van der Waals surface area contributed by atoms with Crippen molar-refractivity contribution >= 4 is 22.8 Å². The lowest BCUT2D eigenvalue weighted by molar-refractivity contribution is -0.139. The van der Waals surface area contributed by atoms with Crippen molar-refractivity contribution in [3.8, 4) is 17.6 Å². The zero-order valence-corrected chi connectivity index (χ0v) is 26.3. The summed E-state index contributed by atoms with van der Waals surface area (Å²) in [5.74, 6) is -1.97. The lowest BCUT2D eigenvalue weighted by Crippen LogP contribution is -2.17. The Morgan fingerprint density at radius 1 is 0.854 bits per heavy atom. The number of benzene rings is 3. The Kier molecular flexibility index (Phi) is 10.4. The van der Waals surface area contributed by atoms with E-state index in [2.05, 4.69) is 11.8 Å². The van der Waals surface area contributed by atoms with Gasteiger partial charge in [-0.15, -0.1) is 0 Å². The Balaban J connectivity index is 1.31. The quantitative estimate of drug-likeness (QED) is 0.0467. The molecule has 3 aromatic carbocycles. The highest BCUT2D eigenvalue weighted by Crippen LogP contribution is 2.51. The summed E-state index contributed by atoms with van der Waals surface area (Å²) in [5, 5.41) is 19.0. The number of hydrogen-bond acceptors (Lipinski definition) is 3. The third-order valence-electron chi connectivity index (χ3n) is 8.82. The summed E-state index contributed by atoms with van der Waals surface area (Å²) in [5.41, 5.74) is 2.57. The maximum Gasteiger partial charge on any atom is 0.303 e. The van der Waals surface area contributed by atoms with Crippen molar-refractivity contribution in [3.63, 3.8) is 0 Å². The number of carboxylic acids is 2. The molecule has 5 rings (SSSR count). The van der Waals surface area contributed by atoms with E-state index in [-0.39, 0.29) is 31.4 Å². The fraction of sp³-hybridized carbons (Fsp3) is 0.351. The van der Waals surface area contributed by atoms with Gasteiger partial charge in [0.15, 0.2) is 23.3 Å². The van der Waals surface area contributed by atoms with Gasteiger partial charge in [0, 0.05) is 35.2 Å². The molecule has 0 aliphatic heterocycles. The SMILES string of the molecule is Cc1c(CCCC(=O)O)c2c(F)ccc(C#Cc3ccc(OCCCCc4cc(F)c(F)c(F)c4F)cc3)c2n1CC1(CC(=O)O)CC1. The monoisotopic (exact) mass is 667 g/mol. The highest BCUT2D eigenvalue weighted by molar-refractivity contribution is 5.91. The van der Waals surface area contributed by atoms with Gasteiger partial charge in [-0.1, -0.05) is 11.8 Å². The average Bonchev–Trinajstić information content (AvgIpc) is 3.74. The molecule has 48 heavy (non-hydrogen) atoms. The second kappa shape index (κ2) is 14.5. The molecule has 2 N–H and O–H groups in total. The van der Waals surface area contributed by atoms with Gasteiger partial charge in [-0.3, -0.25) is 9.59 Å². The summed E-state index contributed by atoms with van der Waals surface area (Å²) in [4.78, 5) is 22.8. The number of hydrogen-bond donors (Lipinski definition) is 2. The number of fused-ring (bicyclic) bond motifs is 1. The van der Waals surface area contributed by atoms with Crippen LogP contribution in [-0.4, -0.2) is 33.3 Å². The van der Waals surface area contributed by atoms with Gasteiger partial charge in [0.1, 0.15) is 11.6 Å². The minimum atomic E-state index is -1.83. The Bertz CT molecular complexity index is 1920. The van der Waals surface area contributed by atoms with Crippen LogP contribution in [-0.2, 0) is 29.0 Å². The van der Waals surface area contributed by atoms with E-state index in [4.69, 9.17) is 9.84 Å². The average molecular weight is 668 g/mol. The van der Waals surface area contributed by atoms with Crippen LogP contribution in [0.1, 0.15) is 72.9 Å². The van der Waals surface area contributed by atoms with Crippen LogP contribution in [0, 0.1) is 53.3 Å². The predicted molar refractivity (Wildman–Crippen MR) is 168 cm³/mol. The van der Waals surface area contributed by atoms with Crippen LogP contribution in [0.15, 0.2) is 42.5 Å². The summed E-state index contributed by atoms with van der Waals surface area (Å²) in [7, 11) is 0. The van der Waals surface area contributed by atoms with E-state index in [9.17, 15) is 32.3 Å². The Morgan fingerprint density at radius 2 is 1.58 bits per heavy atom. The first-order valence-electron chi connectivity index (χ1n) is 15.7. The molecule has 1 fully saturated rings. The molecule has 0 radical (unpaired) electrons. The van der Waals surface area contributed by atoms with Crippen molar-refractivity contribution in [2.24, 2.45) is 5.41 Å². The third kappa shape index (κ3) is 7.81. The second-order valence-electron chi connectivity index (χ2n) is 12.3. The third-order valence-corrected chi connectivity index (χ3v) is 8.82. The van der Waals surface area contributed by atoms with Crippen molar-refractivity contribution in [3.05, 3.63) is 99.5 Å². The van der Waals surface area contributed by atoms with Crippen LogP contribution >= 0.6 is 0 Å². The van der Waals surface area contributed by atoms with Gasteiger partial charge in [0.25, 0.3) is 0 Å². The number of aryl methyl sites for hydroxylation is 2. The number of carboxylic acid groups (broad SMARTS) is 2.